The number of rotatable bonds is 5. The Bertz CT molecular complexity index is 1190. The van der Waals surface area contributed by atoms with Crippen LogP contribution in [0.2, 0.25) is 0 Å². The molecule has 2 aromatic carbocycles. The minimum Gasteiger partial charge on any atom is -0.361 e. The van der Waals surface area contributed by atoms with E-state index in [0.717, 1.165) is 11.6 Å². The molecule has 1 amide bonds. The molecule has 0 atom stereocenters. The van der Waals surface area contributed by atoms with Gasteiger partial charge in [0.25, 0.3) is 5.91 Å². The molecule has 0 radical (unpaired) electrons. The van der Waals surface area contributed by atoms with Crippen LogP contribution in [0.4, 0.5) is 25.3 Å². The highest BCUT2D eigenvalue weighted by Gasteiger charge is 2.14. The van der Waals surface area contributed by atoms with E-state index < -0.39 is 11.6 Å². The molecule has 4 rings (SSSR count). The Balaban J connectivity index is 1.51. The zero-order valence-corrected chi connectivity index (χ0v) is 15.9. The molecule has 2 aromatic heterocycles. The first-order chi connectivity index (χ1) is 14.0. The van der Waals surface area contributed by atoms with Gasteiger partial charge in [0, 0.05) is 22.7 Å². The van der Waals surface area contributed by atoms with Crippen LogP contribution in [-0.2, 0) is 0 Å². The first-order valence-electron chi connectivity index (χ1n) is 8.50. The van der Waals surface area contributed by atoms with E-state index in [1.54, 1.807) is 30.5 Å². The molecule has 0 saturated heterocycles. The van der Waals surface area contributed by atoms with E-state index in [-0.39, 0.29) is 11.6 Å². The standard InChI is InChI=1S/C20H14F2N4O2S/c1-11-15(9-23-28-11)19(27)24-14-4-2-3-12(7-14)18-10-29-20(26-18)25-17-6-5-13(21)8-16(17)22/h2-10H,1H3,(H,24,27)(H,25,26). The number of thiazole rings is 1. The van der Waals surface area contributed by atoms with Crippen molar-refractivity contribution < 1.29 is 18.1 Å². The zero-order chi connectivity index (χ0) is 20.4. The maximum Gasteiger partial charge on any atom is 0.260 e. The van der Waals surface area contributed by atoms with E-state index in [2.05, 4.69) is 20.8 Å². The van der Waals surface area contributed by atoms with Crippen molar-refractivity contribution in [2.24, 2.45) is 0 Å². The van der Waals surface area contributed by atoms with E-state index >= 15 is 0 Å². The average Bonchev–Trinajstić information content (AvgIpc) is 3.33. The Morgan fingerprint density at radius 3 is 2.79 bits per heavy atom. The van der Waals surface area contributed by atoms with Crippen molar-refractivity contribution in [3.63, 3.8) is 0 Å². The number of nitrogens with zero attached hydrogens (tertiary/aromatic N) is 2. The van der Waals surface area contributed by atoms with Gasteiger partial charge in [-0.2, -0.15) is 0 Å². The Morgan fingerprint density at radius 2 is 2.03 bits per heavy atom. The molecule has 4 aromatic rings. The van der Waals surface area contributed by atoms with Crippen LogP contribution in [0.1, 0.15) is 16.1 Å². The second-order valence-electron chi connectivity index (χ2n) is 6.12. The predicted molar refractivity (Wildman–Crippen MR) is 106 cm³/mol. The van der Waals surface area contributed by atoms with Crippen LogP contribution in [0.5, 0.6) is 0 Å². The summed E-state index contributed by atoms with van der Waals surface area (Å²) in [5, 5.41) is 11.5. The molecule has 6 nitrogen and oxygen atoms in total. The lowest BCUT2D eigenvalue weighted by atomic mass is 10.1. The fourth-order valence-electron chi connectivity index (χ4n) is 2.64. The third-order valence-electron chi connectivity index (χ3n) is 4.09. The van der Waals surface area contributed by atoms with E-state index in [0.29, 0.717) is 27.8 Å². The van der Waals surface area contributed by atoms with Gasteiger partial charge in [-0.25, -0.2) is 13.8 Å². The first-order valence-corrected chi connectivity index (χ1v) is 9.38. The molecule has 0 fully saturated rings. The predicted octanol–water partition coefficient (Wildman–Crippen LogP) is 5.38. The summed E-state index contributed by atoms with van der Waals surface area (Å²) in [6.07, 6.45) is 1.36. The smallest absolute Gasteiger partial charge is 0.260 e. The molecule has 0 bridgehead atoms. The van der Waals surface area contributed by atoms with E-state index in [9.17, 15) is 13.6 Å². The van der Waals surface area contributed by atoms with Crippen LogP contribution < -0.4 is 10.6 Å². The molecule has 0 aliphatic carbocycles. The Labute approximate surface area is 168 Å². The number of amides is 1. The number of carbonyl (C=O) groups is 1. The zero-order valence-electron chi connectivity index (χ0n) is 15.1. The summed E-state index contributed by atoms with van der Waals surface area (Å²) in [6.45, 7) is 1.66. The van der Waals surface area contributed by atoms with Gasteiger partial charge in [-0.1, -0.05) is 17.3 Å². The van der Waals surface area contributed by atoms with Crippen LogP contribution in [-0.4, -0.2) is 16.0 Å². The molecular formula is C20H14F2N4O2S. The number of aryl methyl sites for hydroxylation is 1. The third-order valence-corrected chi connectivity index (χ3v) is 4.85. The van der Waals surface area contributed by atoms with E-state index in [1.165, 1.54) is 29.7 Å². The summed E-state index contributed by atoms with van der Waals surface area (Å²) in [5.74, 6) is -1.24. The van der Waals surface area contributed by atoms with Crippen molar-refractivity contribution in [3.05, 3.63) is 77.0 Å². The largest absolute Gasteiger partial charge is 0.361 e. The van der Waals surface area contributed by atoms with Crippen molar-refractivity contribution in [1.82, 2.24) is 10.1 Å². The summed E-state index contributed by atoms with van der Waals surface area (Å²) < 4.78 is 31.7. The van der Waals surface area contributed by atoms with Gasteiger partial charge in [-0.15, -0.1) is 11.3 Å². The van der Waals surface area contributed by atoms with Crippen LogP contribution in [0.3, 0.4) is 0 Å². The molecule has 2 N–H and O–H groups in total. The summed E-state index contributed by atoms with van der Waals surface area (Å²) in [6, 6.07) is 10.5. The maximum absolute atomic E-state index is 13.8. The minimum absolute atomic E-state index is 0.136. The number of halogens is 2. The summed E-state index contributed by atoms with van der Waals surface area (Å²) >= 11 is 1.28. The summed E-state index contributed by atoms with van der Waals surface area (Å²) in [5.41, 5.74) is 2.50. The fourth-order valence-corrected chi connectivity index (χ4v) is 3.37. The molecule has 0 spiro atoms. The van der Waals surface area contributed by atoms with Gasteiger partial charge in [0.05, 0.1) is 17.6 Å². The van der Waals surface area contributed by atoms with Gasteiger partial charge in [0.15, 0.2) is 5.13 Å². The number of aromatic nitrogens is 2. The normalized spacial score (nSPS) is 10.7. The van der Waals surface area contributed by atoms with Gasteiger partial charge in [-0.05, 0) is 31.2 Å². The average molecular weight is 412 g/mol. The molecular weight excluding hydrogens is 398 g/mol. The minimum atomic E-state index is -0.699. The van der Waals surface area contributed by atoms with E-state index in [4.69, 9.17) is 4.52 Å². The molecule has 29 heavy (non-hydrogen) atoms. The summed E-state index contributed by atoms with van der Waals surface area (Å²) in [4.78, 5) is 16.7. The highest BCUT2D eigenvalue weighted by molar-refractivity contribution is 7.14. The fraction of sp³-hybridized carbons (Fsp3) is 0.0500. The SMILES string of the molecule is Cc1oncc1C(=O)Nc1cccc(-c2csc(Nc3ccc(F)cc3F)n2)c1. The summed E-state index contributed by atoms with van der Waals surface area (Å²) in [7, 11) is 0. The number of hydrogen-bond acceptors (Lipinski definition) is 6. The number of hydrogen-bond donors (Lipinski definition) is 2. The van der Waals surface area contributed by atoms with Gasteiger partial charge in [0.1, 0.15) is 23.0 Å². The lowest BCUT2D eigenvalue weighted by molar-refractivity contribution is 0.102. The highest BCUT2D eigenvalue weighted by atomic mass is 32.1. The lowest BCUT2D eigenvalue weighted by Crippen LogP contribution is -2.12. The molecule has 0 aliphatic heterocycles. The number of nitrogens with one attached hydrogen (secondary N) is 2. The van der Waals surface area contributed by atoms with Crippen molar-refractivity contribution in [1.29, 1.82) is 0 Å². The molecule has 9 heteroatoms. The van der Waals surface area contributed by atoms with Gasteiger partial charge < -0.3 is 15.2 Å². The number of carbonyl (C=O) groups excluding carboxylic acids is 1. The molecule has 0 aliphatic rings. The monoisotopic (exact) mass is 412 g/mol. The number of anilines is 3. The van der Waals surface area contributed by atoms with Gasteiger partial charge in [0.2, 0.25) is 0 Å². The maximum atomic E-state index is 13.8. The molecule has 2 heterocycles. The second kappa shape index (κ2) is 7.80. The van der Waals surface area contributed by atoms with Crippen molar-refractivity contribution in [2.75, 3.05) is 10.6 Å². The lowest BCUT2D eigenvalue weighted by Gasteiger charge is -2.06. The van der Waals surface area contributed by atoms with Crippen molar-refractivity contribution in [2.45, 2.75) is 6.92 Å². The van der Waals surface area contributed by atoms with Gasteiger partial charge in [-0.3, -0.25) is 4.79 Å². The third kappa shape index (κ3) is 4.14. The van der Waals surface area contributed by atoms with Gasteiger partial charge >= 0.3 is 0 Å². The highest BCUT2D eigenvalue weighted by Crippen LogP contribution is 2.29. The van der Waals surface area contributed by atoms with Crippen LogP contribution in [0.25, 0.3) is 11.3 Å². The second-order valence-corrected chi connectivity index (χ2v) is 6.98. The molecule has 0 saturated carbocycles. The Kier molecular flexibility index (Phi) is 5.05. The van der Waals surface area contributed by atoms with E-state index in [1.807, 2.05) is 6.07 Å². The van der Waals surface area contributed by atoms with Crippen molar-refractivity contribution >= 4 is 33.8 Å². The topological polar surface area (TPSA) is 80.0 Å². The number of benzene rings is 2. The molecule has 0 unspecified atom stereocenters. The van der Waals surface area contributed by atoms with Crippen LogP contribution in [0, 0.1) is 18.6 Å². The van der Waals surface area contributed by atoms with Crippen LogP contribution >= 0.6 is 11.3 Å². The molecule has 146 valence electrons. The first kappa shape index (κ1) is 18.8. The van der Waals surface area contributed by atoms with Crippen molar-refractivity contribution in [3.8, 4) is 11.3 Å². The quantitative estimate of drug-likeness (QED) is 0.460. The Hall–Kier alpha value is -3.59. The Morgan fingerprint density at radius 1 is 1.17 bits per heavy atom. The van der Waals surface area contributed by atoms with Crippen LogP contribution in [0.15, 0.2) is 58.6 Å².